The van der Waals surface area contributed by atoms with E-state index in [1.54, 1.807) is 25.3 Å². The number of hydrogen-bond acceptors (Lipinski definition) is 4. The molecule has 0 fully saturated rings. The minimum atomic E-state index is -0.215. The zero-order valence-corrected chi connectivity index (χ0v) is 11.0. The van der Waals surface area contributed by atoms with E-state index in [2.05, 4.69) is 10.3 Å². The molecule has 0 saturated heterocycles. The van der Waals surface area contributed by atoms with Gasteiger partial charge in [-0.2, -0.15) is 0 Å². The van der Waals surface area contributed by atoms with Crippen LogP contribution in [-0.2, 0) is 0 Å². The van der Waals surface area contributed by atoms with Gasteiger partial charge in [0.2, 0.25) is 0 Å². The summed E-state index contributed by atoms with van der Waals surface area (Å²) in [7, 11) is 0. The number of aryl methyl sites for hydroxylation is 1. The van der Waals surface area contributed by atoms with Gasteiger partial charge in [0.25, 0.3) is 5.91 Å². The molecule has 1 aromatic carbocycles. The molecule has 5 heteroatoms. The smallest absolute Gasteiger partial charge is 0.251 e. The summed E-state index contributed by atoms with van der Waals surface area (Å²) in [4.78, 5) is 16.1. The molecule has 0 aliphatic carbocycles. The highest BCUT2D eigenvalue weighted by Gasteiger charge is 2.13. The first-order valence-electron chi connectivity index (χ1n) is 5.58. The molecule has 0 aliphatic rings. The lowest BCUT2D eigenvalue weighted by atomic mass is 10.1. The fourth-order valence-electron chi connectivity index (χ4n) is 1.54. The SMILES string of the molecule is Cc1ccc(C(=O)NC(C)c2nccs2)cc1O. The number of aromatic hydroxyl groups is 1. The summed E-state index contributed by atoms with van der Waals surface area (Å²) in [6.45, 7) is 3.67. The van der Waals surface area contributed by atoms with E-state index in [1.807, 2.05) is 12.3 Å². The van der Waals surface area contributed by atoms with Crippen LogP contribution in [-0.4, -0.2) is 16.0 Å². The fraction of sp³-hybridized carbons (Fsp3) is 0.231. The van der Waals surface area contributed by atoms with Crippen LogP contribution >= 0.6 is 11.3 Å². The number of aromatic nitrogens is 1. The van der Waals surface area contributed by atoms with Crippen LogP contribution in [0.1, 0.15) is 33.9 Å². The Morgan fingerprint density at radius 1 is 1.50 bits per heavy atom. The van der Waals surface area contributed by atoms with Crippen molar-refractivity contribution >= 4 is 17.2 Å². The molecule has 18 heavy (non-hydrogen) atoms. The van der Waals surface area contributed by atoms with Gasteiger partial charge in [-0.1, -0.05) is 6.07 Å². The summed E-state index contributed by atoms with van der Waals surface area (Å²) in [6.07, 6.45) is 1.71. The standard InChI is InChI=1S/C13H14N2O2S/c1-8-3-4-10(7-11(8)16)12(17)15-9(2)13-14-5-6-18-13/h3-7,9,16H,1-2H3,(H,15,17). The fourth-order valence-corrected chi connectivity index (χ4v) is 2.19. The van der Waals surface area contributed by atoms with Crippen molar-refractivity contribution in [2.24, 2.45) is 0 Å². The molecular weight excluding hydrogens is 248 g/mol. The molecule has 94 valence electrons. The van der Waals surface area contributed by atoms with Crippen LogP contribution in [0.5, 0.6) is 5.75 Å². The molecule has 1 amide bonds. The Hall–Kier alpha value is -1.88. The predicted octanol–water partition coefficient (Wildman–Crippen LogP) is 2.65. The molecule has 0 saturated carbocycles. The first-order valence-corrected chi connectivity index (χ1v) is 6.46. The average molecular weight is 262 g/mol. The number of carbonyl (C=O) groups excluding carboxylic acids is 1. The van der Waals surface area contributed by atoms with Crippen LogP contribution < -0.4 is 5.32 Å². The Morgan fingerprint density at radius 3 is 2.89 bits per heavy atom. The predicted molar refractivity (Wildman–Crippen MR) is 70.8 cm³/mol. The lowest BCUT2D eigenvalue weighted by molar-refractivity contribution is 0.0939. The maximum Gasteiger partial charge on any atom is 0.251 e. The van der Waals surface area contributed by atoms with Crippen LogP contribution in [0.4, 0.5) is 0 Å². The van der Waals surface area contributed by atoms with Crippen molar-refractivity contribution in [3.63, 3.8) is 0 Å². The number of rotatable bonds is 3. The van der Waals surface area contributed by atoms with Gasteiger partial charge in [0, 0.05) is 17.1 Å². The Labute approximate surface area is 109 Å². The molecule has 0 bridgehead atoms. The highest BCUT2D eigenvalue weighted by atomic mass is 32.1. The summed E-state index contributed by atoms with van der Waals surface area (Å²) >= 11 is 1.50. The van der Waals surface area contributed by atoms with Crippen molar-refractivity contribution in [1.29, 1.82) is 0 Å². The van der Waals surface area contributed by atoms with Crippen molar-refractivity contribution in [2.75, 3.05) is 0 Å². The second-order valence-corrected chi connectivity index (χ2v) is 4.99. The van der Waals surface area contributed by atoms with Gasteiger partial charge < -0.3 is 10.4 Å². The Morgan fingerprint density at radius 2 is 2.28 bits per heavy atom. The quantitative estimate of drug-likeness (QED) is 0.894. The Kier molecular flexibility index (Phi) is 3.62. The molecule has 1 unspecified atom stereocenters. The number of nitrogens with one attached hydrogen (secondary N) is 1. The number of hydrogen-bond donors (Lipinski definition) is 2. The summed E-state index contributed by atoms with van der Waals surface area (Å²) in [6, 6.07) is 4.75. The molecule has 2 aromatic rings. The number of nitrogens with zero attached hydrogens (tertiary/aromatic N) is 1. The summed E-state index contributed by atoms with van der Waals surface area (Å²) in [5.74, 6) is -0.0856. The van der Waals surface area contributed by atoms with E-state index < -0.39 is 0 Å². The van der Waals surface area contributed by atoms with Crippen molar-refractivity contribution in [3.05, 3.63) is 45.9 Å². The largest absolute Gasteiger partial charge is 0.508 e. The Bertz CT molecular complexity index is 552. The molecule has 1 heterocycles. The number of amides is 1. The number of benzene rings is 1. The molecule has 1 aromatic heterocycles. The second kappa shape index (κ2) is 5.18. The third-order valence-electron chi connectivity index (χ3n) is 2.64. The molecule has 0 radical (unpaired) electrons. The van der Waals surface area contributed by atoms with E-state index in [4.69, 9.17) is 0 Å². The topological polar surface area (TPSA) is 62.2 Å². The lowest BCUT2D eigenvalue weighted by Crippen LogP contribution is -2.26. The van der Waals surface area contributed by atoms with Gasteiger partial charge >= 0.3 is 0 Å². The van der Waals surface area contributed by atoms with Gasteiger partial charge in [-0.05, 0) is 31.5 Å². The summed E-state index contributed by atoms with van der Waals surface area (Å²) in [5, 5.41) is 15.2. The number of phenolic OH excluding ortho intramolecular Hbond substituents is 1. The van der Waals surface area contributed by atoms with E-state index in [1.165, 1.54) is 17.4 Å². The molecule has 2 rings (SSSR count). The third-order valence-corrected chi connectivity index (χ3v) is 3.60. The minimum absolute atomic E-state index is 0.129. The van der Waals surface area contributed by atoms with Crippen LogP contribution in [0.2, 0.25) is 0 Å². The average Bonchev–Trinajstić information content (AvgIpc) is 2.86. The summed E-state index contributed by atoms with van der Waals surface area (Å²) < 4.78 is 0. The molecule has 0 spiro atoms. The van der Waals surface area contributed by atoms with Crippen LogP contribution in [0.3, 0.4) is 0 Å². The number of phenols is 1. The van der Waals surface area contributed by atoms with Gasteiger partial charge in [0.05, 0.1) is 6.04 Å². The second-order valence-electron chi connectivity index (χ2n) is 4.07. The molecule has 2 N–H and O–H groups in total. The zero-order chi connectivity index (χ0) is 13.1. The van der Waals surface area contributed by atoms with Gasteiger partial charge in [-0.15, -0.1) is 11.3 Å². The van der Waals surface area contributed by atoms with Crippen LogP contribution in [0.25, 0.3) is 0 Å². The van der Waals surface area contributed by atoms with E-state index in [-0.39, 0.29) is 17.7 Å². The van der Waals surface area contributed by atoms with E-state index in [0.29, 0.717) is 5.56 Å². The van der Waals surface area contributed by atoms with Crippen molar-refractivity contribution in [1.82, 2.24) is 10.3 Å². The van der Waals surface area contributed by atoms with Crippen LogP contribution in [0, 0.1) is 6.92 Å². The zero-order valence-electron chi connectivity index (χ0n) is 10.2. The van der Waals surface area contributed by atoms with Crippen molar-refractivity contribution in [3.8, 4) is 5.75 Å². The normalized spacial score (nSPS) is 12.1. The van der Waals surface area contributed by atoms with E-state index in [9.17, 15) is 9.90 Å². The monoisotopic (exact) mass is 262 g/mol. The first kappa shape index (κ1) is 12.6. The maximum absolute atomic E-state index is 12.0. The van der Waals surface area contributed by atoms with Crippen molar-refractivity contribution in [2.45, 2.75) is 19.9 Å². The maximum atomic E-state index is 12.0. The summed E-state index contributed by atoms with van der Waals surface area (Å²) in [5.41, 5.74) is 1.20. The van der Waals surface area contributed by atoms with Crippen molar-refractivity contribution < 1.29 is 9.90 Å². The van der Waals surface area contributed by atoms with Gasteiger partial charge in [0.1, 0.15) is 10.8 Å². The number of carbonyl (C=O) groups is 1. The highest BCUT2D eigenvalue weighted by Crippen LogP contribution is 2.19. The molecule has 1 atom stereocenters. The molecular formula is C13H14N2O2S. The Balaban J connectivity index is 2.10. The van der Waals surface area contributed by atoms with Crippen LogP contribution in [0.15, 0.2) is 29.8 Å². The first-order chi connectivity index (χ1) is 8.58. The highest BCUT2D eigenvalue weighted by molar-refractivity contribution is 7.09. The number of thiazole rings is 1. The van der Waals surface area contributed by atoms with Gasteiger partial charge in [-0.25, -0.2) is 4.98 Å². The third kappa shape index (κ3) is 2.68. The lowest BCUT2D eigenvalue weighted by Gasteiger charge is -2.11. The van der Waals surface area contributed by atoms with Gasteiger partial charge in [0.15, 0.2) is 0 Å². The molecule has 0 aliphatic heterocycles. The van der Waals surface area contributed by atoms with E-state index in [0.717, 1.165) is 10.6 Å². The minimum Gasteiger partial charge on any atom is -0.508 e. The van der Waals surface area contributed by atoms with Gasteiger partial charge in [-0.3, -0.25) is 4.79 Å². The molecule has 4 nitrogen and oxygen atoms in total. The van der Waals surface area contributed by atoms with E-state index >= 15 is 0 Å².